The molecule has 17 heavy (non-hydrogen) atoms. The lowest BCUT2D eigenvalue weighted by atomic mass is 10.1. The highest BCUT2D eigenvalue weighted by Gasteiger charge is 2.05. The van der Waals surface area contributed by atoms with Crippen LogP contribution in [0.2, 0.25) is 0 Å². The van der Waals surface area contributed by atoms with Gasteiger partial charge in [-0.2, -0.15) is 0 Å². The molecule has 0 atom stereocenters. The van der Waals surface area contributed by atoms with Gasteiger partial charge in [0.1, 0.15) is 6.26 Å². The number of benzene rings is 2. The van der Waals surface area contributed by atoms with Crippen LogP contribution in [-0.2, 0) is 4.89 Å². The topological polar surface area (TPSA) is 18.5 Å². The van der Waals surface area contributed by atoms with Gasteiger partial charge in [0.2, 0.25) is 0 Å². The molecule has 0 amide bonds. The van der Waals surface area contributed by atoms with E-state index in [1.807, 2.05) is 61.5 Å². The highest BCUT2D eigenvalue weighted by Crippen LogP contribution is 2.29. The highest BCUT2D eigenvalue weighted by atomic mass is 17.2. The Labute approximate surface area is 101 Å². The summed E-state index contributed by atoms with van der Waals surface area (Å²) in [5.41, 5.74) is 2.12. The summed E-state index contributed by atoms with van der Waals surface area (Å²) >= 11 is 0. The van der Waals surface area contributed by atoms with E-state index < -0.39 is 0 Å². The van der Waals surface area contributed by atoms with E-state index in [0.717, 1.165) is 11.1 Å². The van der Waals surface area contributed by atoms with Crippen molar-refractivity contribution < 1.29 is 9.78 Å². The van der Waals surface area contributed by atoms with Gasteiger partial charge in [0.25, 0.3) is 0 Å². The Morgan fingerprint density at radius 2 is 1.59 bits per heavy atom. The number of allylic oxidation sites excluding steroid dienone is 1. The van der Waals surface area contributed by atoms with Crippen molar-refractivity contribution in [1.82, 2.24) is 0 Å². The number of hydrogen-bond acceptors (Lipinski definition) is 2. The molecule has 86 valence electrons. The summed E-state index contributed by atoms with van der Waals surface area (Å²) in [6, 6.07) is 17.8. The smallest absolute Gasteiger partial charge is 0.186 e. The average molecular weight is 226 g/mol. The second-order valence-corrected chi connectivity index (χ2v) is 3.51. The van der Waals surface area contributed by atoms with E-state index in [4.69, 9.17) is 9.78 Å². The minimum Gasteiger partial charge on any atom is -0.298 e. The first kappa shape index (κ1) is 11.3. The molecule has 0 aliphatic heterocycles. The lowest BCUT2D eigenvalue weighted by molar-refractivity contribution is -0.148. The van der Waals surface area contributed by atoms with Gasteiger partial charge in [0.15, 0.2) is 5.75 Å². The summed E-state index contributed by atoms with van der Waals surface area (Å²) < 4.78 is 0. The van der Waals surface area contributed by atoms with Crippen LogP contribution in [0.5, 0.6) is 5.75 Å². The molecule has 0 spiro atoms. The fraction of sp³-hybridized carbons (Fsp3) is 0.0667. The maximum Gasteiger partial charge on any atom is 0.186 e. The van der Waals surface area contributed by atoms with Gasteiger partial charge in [0, 0.05) is 5.56 Å². The van der Waals surface area contributed by atoms with Crippen LogP contribution >= 0.6 is 0 Å². The number of hydrogen-bond donors (Lipinski definition) is 0. The van der Waals surface area contributed by atoms with Crippen LogP contribution < -0.4 is 4.89 Å². The van der Waals surface area contributed by atoms with Crippen LogP contribution in [0, 0.1) is 0 Å². The van der Waals surface area contributed by atoms with Crippen molar-refractivity contribution >= 4 is 0 Å². The minimum atomic E-state index is 0.705. The quantitative estimate of drug-likeness (QED) is 0.442. The van der Waals surface area contributed by atoms with E-state index >= 15 is 0 Å². The Balaban J connectivity index is 2.28. The van der Waals surface area contributed by atoms with Crippen molar-refractivity contribution in [3.8, 4) is 16.9 Å². The second-order valence-electron chi connectivity index (χ2n) is 3.51. The summed E-state index contributed by atoms with van der Waals surface area (Å²) in [6.07, 6.45) is 3.27. The van der Waals surface area contributed by atoms with E-state index in [-0.39, 0.29) is 0 Å². The summed E-state index contributed by atoms with van der Waals surface area (Å²) in [7, 11) is 0. The molecule has 0 aliphatic carbocycles. The monoisotopic (exact) mass is 226 g/mol. The molecule has 0 fully saturated rings. The number of rotatable bonds is 4. The molecule has 0 bridgehead atoms. The molecule has 2 heteroatoms. The lowest BCUT2D eigenvalue weighted by Gasteiger charge is -2.08. The summed E-state index contributed by atoms with van der Waals surface area (Å²) in [5.74, 6) is 0.705. The van der Waals surface area contributed by atoms with E-state index in [1.54, 1.807) is 6.08 Å². The minimum absolute atomic E-state index is 0.705. The SMILES string of the molecule is CC=COOc1ccccc1-c1ccccc1. The zero-order valence-electron chi connectivity index (χ0n) is 9.67. The summed E-state index contributed by atoms with van der Waals surface area (Å²) in [4.78, 5) is 10.2. The van der Waals surface area contributed by atoms with Crippen molar-refractivity contribution in [1.29, 1.82) is 0 Å². The van der Waals surface area contributed by atoms with Gasteiger partial charge in [-0.3, -0.25) is 9.78 Å². The maximum absolute atomic E-state index is 5.25. The van der Waals surface area contributed by atoms with Gasteiger partial charge < -0.3 is 0 Å². The fourth-order valence-corrected chi connectivity index (χ4v) is 1.53. The van der Waals surface area contributed by atoms with Crippen LogP contribution in [0.3, 0.4) is 0 Å². The molecular formula is C15H14O2. The predicted octanol–water partition coefficient (Wildman–Crippen LogP) is 4.20. The third-order valence-electron chi connectivity index (χ3n) is 2.30. The van der Waals surface area contributed by atoms with Crippen LogP contribution in [0.4, 0.5) is 0 Å². The molecule has 0 saturated carbocycles. The van der Waals surface area contributed by atoms with Crippen molar-refractivity contribution in [2.75, 3.05) is 0 Å². The Kier molecular flexibility index (Phi) is 3.81. The zero-order valence-corrected chi connectivity index (χ0v) is 9.67. The molecule has 2 nitrogen and oxygen atoms in total. The average Bonchev–Trinajstić information content (AvgIpc) is 2.41. The molecule has 0 unspecified atom stereocenters. The molecule has 0 N–H and O–H groups in total. The third kappa shape index (κ3) is 2.88. The molecule has 0 aromatic heterocycles. The van der Waals surface area contributed by atoms with Gasteiger partial charge in [-0.05, 0) is 24.6 Å². The van der Waals surface area contributed by atoms with Gasteiger partial charge in [-0.25, -0.2) is 0 Å². The molecular weight excluding hydrogens is 212 g/mol. The van der Waals surface area contributed by atoms with E-state index in [9.17, 15) is 0 Å². The van der Waals surface area contributed by atoms with Gasteiger partial charge in [0.05, 0.1) is 0 Å². The molecule has 2 aromatic rings. The Hall–Kier alpha value is -2.22. The van der Waals surface area contributed by atoms with Crippen LogP contribution in [-0.4, -0.2) is 0 Å². The Morgan fingerprint density at radius 1 is 0.882 bits per heavy atom. The fourth-order valence-electron chi connectivity index (χ4n) is 1.53. The molecule has 0 heterocycles. The van der Waals surface area contributed by atoms with Crippen molar-refractivity contribution in [3.05, 3.63) is 66.9 Å². The Bertz CT molecular complexity index is 489. The lowest BCUT2D eigenvalue weighted by Crippen LogP contribution is -1.92. The first-order chi connectivity index (χ1) is 8.42. The standard InChI is InChI=1S/C15H14O2/c1-2-12-16-17-15-11-7-6-10-14(15)13-8-4-3-5-9-13/h2-12H,1H3. The van der Waals surface area contributed by atoms with Crippen molar-refractivity contribution in [2.45, 2.75) is 6.92 Å². The van der Waals surface area contributed by atoms with Crippen LogP contribution in [0.25, 0.3) is 11.1 Å². The summed E-state index contributed by atoms with van der Waals surface area (Å²) in [5, 5.41) is 0. The third-order valence-corrected chi connectivity index (χ3v) is 2.30. The molecule has 2 aromatic carbocycles. The van der Waals surface area contributed by atoms with Crippen molar-refractivity contribution in [3.63, 3.8) is 0 Å². The summed E-state index contributed by atoms with van der Waals surface area (Å²) in [6.45, 7) is 1.87. The van der Waals surface area contributed by atoms with E-state index in [1.165, 1.54) is 6.26 Å². The zero-order chi connectivity index (χ0) is 11.9. The normalized spacial score (nSPS) is 10.4. The largest absolute Gasteiger partial charge is 0.298 e. The number of para-hydroxylation sites is 1. The van der Waals surface area contributed by atoms with Gasteiger partial charge in [-0.15, -0.1) is 0 Å². The molecule has 0 radical (unpaired) electrons. The van der Waals surface area contributed by atoms with Crippen LogP contribution in [0.15, 0.2) is 66.9 Å². The predicted molar refractivity (Wildman–Crippen MR) is 68.4 cm³/mol. The molecule has 0 saturated heterocycles. The van der Waals surface area contributed by atoms with E-state index in [2.05, 4.69) is 0 Å². The second kappa shape index (κ2) is 5.75. The maximum atomic E-state index is 5.25. The van der Waals surface area contributed by atoms with E-state index in [0.29, 0.717) is 5.75 Å². The Morgan fingerprint density at radius 3 is 2.35 bits per heavy atom. The first-order valence-electron chi connectivity index (χ1n) is 5.51. The van der Waals surface area contributed by atoms with Gasteiger partial charge >= 0.3 is 0 Å². The molecule has 2 rings (SSSR count). The van der Waals surface area contributed by atoms with Crippen molar-refractivity contribution in [2.24, 2.45) is 0 Å². The molecule has 0 aliphatic rings. The first-order valence-corrected chi connectivity index (χ1v) is 5.51. The highest BCUT2D eigenvalue weighted by molar-refractivity contribution is 5.69. The van der Waals surface area contributed by atoms with Crippen LogP contribution in [0.1, 0.15) is 6.92 Å². The van der Waals surface area contributed by atoms with Gasteiger partial charge in [-0.1, -0.05) is 48.5 Å².